The fourth-order valence-electron chi connectivity index (χ4n) is 3.59. The summed E-state index contributed by atoms with van der Waals surface area (Å²) in [5.41, 5.74) is 0. The lowest BCUT2D eigenvalue weighted by Crippen LogP contribution is -2.11. The molecule has 0 bridgehead atoms. The molecule has 0 saturated heterocycles. The van der Waals surface area contributed by atoms with Crippen molar-refractivity contribution in [2.45, 2.75) is 67.2 Å². The van der Waals surface area contributed by atoms with Crippen LogP contribution in [0.4, 0.5) is 0 Å². The van der Waals surface area contributed by atoms with E-state index in [0.717, 1.165) is 35.5 Å². The third-order valence-electron chi connectivity index (χ3n) is 4.85. The predicted molar refractivity (Wildman–Crippen MR) is 73.5 cm³/mol. The standard InChI is InChI=1S/C16H32/c1-7-8-9-14(11(2)3)10-15-13(6)16(15)12(4)5/h11-16H,7-10H2,1-6H3. The summed E-state index contributed by atoms with van der Waals surface area (Å²) in [5, 5.41) is 0. The van der Waals surface area contributed by atoms with Gasteiger partial charge in [-0.05, 0) is 41.9 Å². The average Bonchev–Trinajstić information content (AvgIpc) is 2.83. The smallest absolute Gasteiger partial charge is 0.0331 e. The van der Waals surface area contributed by atoms with Gasteiger partial charge in [-0.1, -0.05) is 60.8 Å². The summed E-state index contributed by atoms with van der Waals surface area (Å²) in [7, 11) is 0. The lowest BCUT2D eigenvalue weighted by molar-refractivity contribution is 0.299. The van der Waals surface area contributed by atoms with Crippen LogP contribution in [0.3, 0.4) is 0 Å². The van der Waals surface area contributed by atoms with Crippen LogP contribution >= 0.6 is 0 Å². The maximum Gasteiger partial charge on any atom is -0.0331 e. The molecule has 1 rings (SSSR count). The molecule has 0 spiro atoms. The lowest BCUT2D eigenvalue weighted by atomic mass is 9.85. The summed E-state index contributed by atoms with van der Waals surface area (Å²) in [5.74, 6) is 5.84. The minimum absolute atomic E-state index is 0.882. The third kappa shape index (κ3) is 3.50. The maximum atomic E-state index is 2.46. The van der Waals surface area contributed by atoms with E-state index < -0.39 is 0 Å². The van der Waals surface area contributed by atoms with Gasteiger partial charge in [-0.15, -0.1) is 0 Å². The van der Waals surface area contributed by atoms with E-state index in [-0.39, 0.29) is 0 Å². The Morgan fingerprint density at radius 3 is 2.06 bits per heavy atom. The highest BCUT2D eigenvalue weighted by molar-refractivity contribution is 4.96. The molecule has 0 radical (unpaired) electrons. The van der Waals surface area contributed by atoms with Crippen LogP contribution in [-0.2, 0) is 0 Å². The molecule has 0 heterocycles. The van der Waals surface area contributed by atoms with Crippen LogP contribution < -0.4 is 0 Å². The Bertz CT molecular complexity index is 192. The molecule has 1 aliphatic carbocycles. The molecular weight excluding hydrogens is 192 g/mol. The molecule has 1 saturated carbocycles. The molecule has 0 nitrogen and oxygen atoms in total. The quantitative estimate of drug-likeness (QED) is 0.545. The Morgan fingerprint density at radius 2 is 1.69 bits per heavy atom. The van der Waals surface area contributed by atoms with E-state index in [4.69, 9.17) is 0 Å². The summed E-state index contributed by atoms with van der Waals surface area (Å²) < 4.78 is 0. The van der Waals surface area contributed by atoms with E-state index in [0.29, 0.717) is 0 Å². The summed E-state index contributed by atoms with van der Waals surface area (Å²) in [6.45, 7) is 14.4. The molecule has 1 aliphatic rings. The molecule has 0 amide bonds. The van der Waals surface area contributed by atoms with E-state index in [1.807, 2.05) is 0 Å². The molecule has 96 valence electrons. The van der Waals surface area contributed by atoms with Crippen LogP contribution in [0.25, 0.3) is 0 Å². The van der Waals surface area contributed by atoms with Gasteiger partial charge in [0.2, 0.25) is 0 Å². The third-order valence-corrected chi connectivity index (χ3v) is 4.85. The fourth-order valence-corrected chi connectivity index (χ4v) is 3.59. The Kier molecular flexibility index (Phi) is 5.34. The Morgan fingerprint density at radius 1 is 1.06 bits per heavy atom. The van der Waals surface area contributed by atoms with E-state index >= 15 is 0 Å². The van der Waals surface area contributed by atoms with Gasteiger partial charge in [0, 0.05) is 0 Å². The summed E-state index contributed by atoms with van der Waals surface area (Å²) in [6.07, 6.45) is 5.75. The van der Waals surface area contributed by atoms with E-state index in [2.05, 4.69) is 41.5 Å². The molecule has 0 aromatic rings. The molecule has 1 fully saturated rings. The minimum atomic E-state index is 0.882. The normalized spacial score (nSPS) is 31.1. The average molecular weight is 224 g/mol. The van der Waals surface area contributed by atoms with Crippen molar-refractivity contribution < 1.29 is 0 Å². The fraction of sp³-hybridized carbons (Fsp3) is 1.00. The number of hydrogen-bond acceptors (Lipinski definition) is 0. The lowest BCUT2D eigenvalue weighted by Gasteiger charge is -2.21. The van der Waals surface area contributed by atoms with Crippen LogP contribution in [0, 0.1) is 35.5 Å². The monoisotopic (exact) mass is 224 g/mol. The van der Waals surface area contributed by atoms with Crippen molar-refractivity contribution in [1.82, 2.24) is 0 Å². The van der Waals surface area contributed by atoms with Gasteiger partial charge in [0.1, 0.15) is 0 Å². The van der Waals surface area contributed by atoms with Gasteiger partial charge in [0.25, 0.3) is 0 Å². The molecule has 4 atom stereocenters. The highest BCUT2D eigenvalue weighted by atomic mass is 14.5. The molecule has 16 heavy (non-hydrogen) atoms. The van der Waals surface area contributed by atoms with Gasteiger partial charge >= 0.3 is 0 Å². The van der Waals surface area contributed by atoms with Gasteiger partial charge in [-0.25, -0.2) is 0 Å². The summed E-state index contributed by atoms with van der Waals surface area (Å²) in [6, 6.07) is 0. The zero-order valence-corrected chi connectivity index (χ0v) is 12.3. The highest BCUT2D eigenvalue weighted by Crippen LogP contribution is 2.54. The second-order valence-corrected chi connectivity index (χ2v) is 6.73. The van der Waals surface area contributed by atoms with Crippen molar-refractivity contribution in [2.24, 2.45) is 35.5 Å². The molecule has 0 aliphatic heterocycles. The van der Waals surface area contributed by atoms with Gasteiger partial charge in [-0.2, -0.15) is 0 Å². The van der Waals surface area contributed by atoms with Crippen LogP contribution in [0.1, 0.15) is 67.2 Å². The Balaban J connectivity index is 2.38. The second kappa shape index (κ2) is 6.07. The van der Waals surface area contributed by atoms with Crippen molar-refractivity contribution in [1.29, 1.82) is 0 Å². The topological polar surface area (TPSA) is 0 Å². The van der Waals surface area contributed by atoms with Gasteiger partial charge in [0.05, 0.1) is 0 Å². The van der Waals surface area contributed by atoms with Crippen LogP contribution in [0.15, 0.2) is 0 Å². The first-order chi connectivity index (χ1) is 7.49. The Hall–Kier alpha value is 0. The van der Waals surface area contributed by atoms with E-state index in [1.165, 1.54) is 25.7 Å². The molecular formula is C16H32. The van der Waals surface area contributed by atoms with E-state index in [1.54, 1.807) is 0 Å². The predicted octanol–water partition coefficient (Wildman–Crippen LogP) is 5.38. The largest absolute Gasteiger partial charge is 0.0654 e. The summed E-state index contributed by atoms with van der Waals surface area (Å²) >= 11 is 0. The number of hydrogen-bond donors (Lipinski definition) is 0. The van der Waals surface area contributed by atoms with Crippen molar-refractivity contribution in [3.63, 3.8) is 0 Å². The zero-order valence-electron chi connectivity index (χ0n) is 12.3. The first-order valence-electron chi connectivity index (χ1n) is 7.49. The maximum absolute atomic E-state index is 2.46. The molecule has 0 aromatic heterocycles. The first kappa shape index (κ1) is 14.1. The molecule has 0 heteroatoms. The van der Waals surface area contributed by atoms with Crippen molar-refractivity contribution in [2.75, 3.05) is 0 Å². The van der Waals surface area contributed by atoms with Crippen molar-refractivity contribution >= 4 is 0 Å². The van der Waals surface area contributed by atoms with Crippen molar-refractivity contribution in [3.05, 3.63) is 0 Å². The number of rotatable bonds is 7. The van der Waals surface area contributed by atoms with Crippen LogP contribution in [0.5, 0.6) is 0 Å². The SMILES string of the molecule is CCCCC(CC1C(C)C1C(C)C)C(C)C. The molecule has 4 unspecified atom stereocenters. The van der Waals surface area contributed by atoms with Gasteiger partial charge < -0.3 is 0 Å². The van der Waals surface area contributed by atoms with Crippen LogP contribution in [-0.4, -0.2) is 0 Å². The Labute approximate surface area is 103 Å². The molecule has 0 N–H and O–H groups in total. The van der Waals surface area contributed by atoms with Crippen LogP contribution in [0.2, 0.25) is 0 Å². The minimum Gasteiger partial charge on any atom is -0.0654 e. The van der Waals surface area contributed by atoms with Gasteiger partial charge in [-0.3, -0.25) is 0 Å². The second-order valence-electron chi connectivity index (χ2n) is 6.73. The van der Waals surface area contributed by atoms with E-state index in [9.17, 15) is 0 Å². The van der Waals surface area contributed by atoms with Crippen molar-refractivity contribution in [3.8, 4) is 0 Å². The van der Waals surface area contributed by atoms with Gasteiger partial charge in [0.15, 0.2) is 0 Å². The summed E-state index contributed by atoms with van der Waals surface area (Å²) in [4.78, 5) is 0. The first-order valence-corrected chi connectivity index (χ1v) is 7.49. The zero-order chi connectivity index (χ0) is 12.3. The molecule has 0 aromatic carbocycles. The highest BCUT2D eigenvalue weighted by Gasteiger charge is 2.48. The number of unbranched alkanes of at least 4 members (excludes halogenated alkanes) is 1.